The molecule has 1 aliphatic heterocycles. The number of pyridine rings is 1. The number of nitrogens with one attached hydrogen (secondary N) is 1. The smallest absolute Gasteiger partial charge is 0.150 e. The molecule has 1 aromatic rings. The van der Waals surface area contributed by atoms with Gasteiger partial charge in [-0.25, -0.2) is 4.98 Å². The third-order valence-corrected chi connectivity index (χ3v) is 4.72. The van der Waals surface area contributed by atoms with E-state index in [9.17, 15) is 0 Å². The quantitative estimate of drug-likeness (QED) is 0.846. The van der Waals surface area contributed by atoms with E-state index >= 15 is 0 Å². The second kappa shape index (κ2) is 6.04. The Kier molecular flexibility index (Phi) is 4.83. The molecule has 3 nitrogen and oxygen atoms in total. The first kappa shape index (κ1) is 15.2. The summed E-state index contributed by atoms with van der Waals surface area (Å²) in [4.78, 5) is 6.54. The van der Waals surface area contributed by atoms with Gasteiger partial charge >= 0.3 is 0 Å². The number of nitrogens with zero attached hydrogens (tertiary/aromatic N) is 2. The van der Waals surface area contributed by atoms with Gasteiger partial charge in [-0.1, -0.05) is 41.7 Å². The van der Waals surface area contributed by atoms with Crippen molar-refractivity contribution in [2.75, 3.05) is 32.0 Å². The average molecular weight is 323 g/mol. The Morgan fingerprint density at radius 2 is 1.89 bits per heavy atom. The van der Waals surface area contributed by atoms with Gasteiger partial charge in [-0.3, -0.25) is 0 Å². The van der Waals surface area contributed by atoms with Crippen LogP contribution >= 0.6 is 34.8 Å². The van der Waals surface area contributed by atoms with Gasteiger partial charge in [0.15, 0.2) is 0 Å². The van der Waals surface area contributed by atoms with Crippen molar-refractivity contribution in [2.45, 2.75) is 19.8 Å². The van der Waals surface area contributed by atoms with Crippen LogP contribution in [0.4, 0.5) is 5.82 Å². The maximum Gasteiger partial charge on any atom is 0.150 e. The predicted molar refractivity (Wildman–Crippen MR) is 82.6 cm³/mol. The first-order valence-electron chi connectivity index (χ1n) is 6.34. The molecule has 0 saturated carbocycles. The number of hydrogen-bond donors (Lipinski definition) is 1. The number of anilines is 1. The number of piperidine rings is 1. The molecule has 0 aromatic carbocycles. The summed E-state index contributed by atoms with van der Waals surface area (Å²) in [5, 5.41) is 4.46. The average Bonchev–Trinajstić information content (AvgIpc) is 2.36. The van der Waals surface area contributed by atoms with Crippen molar-refractivity contribution in [2.24, 2.45) is 5.41 Å². The van der Waals surface area contributed by atoms with E-state index in [0.717, 1.165) is 32.5 Å². The van der Waals surface area contributed by atoms with Gasteiger partial charge in [0.1, 0.15) is 11.0 Å². The molecule has 2 heterocycles. The molecule has 1 saturated heterocycles. The highest BCUT2D eigenvalue weighted by atomic mass is 35.5. The van der Waals surface area contributed by atoms with Gasteiger partial charge < -0.3 is 10.2 Å². The van der Waals surface area contributed by atoms with E-state index in [1.54, 1.807) is 6.07 Å². The molecule has 1 aromatic heterocycles. The van der Waals surface area contributed by atoms with Crippen molar-refractivity contribution in [1.82, 2.24) is 9.88 Å². The molecule has 1 fully saturated rings. The van der Waals surface area contributed by atoms with Gasteiger partial charge in [-0.15, -0.1) is 0 Å². The summed E-state index contributed by atoms with van der Waals surface area (Å²) in [5.41, 5.74) is 0.267. The Bertz CT molecular complexity index is 457. The maximum absolute atomic E-state index is 6.11. The summed E-state index contributed by atoms with van der Waals surface area (Å²) in [6.45, 7) is 5.38. The van der Waals surface area contributed by atoms with Gasteiger partial charge in [0.2, 0.25) is 0 Å². The number of halogens is 3. The first-order chi connectivity index (χ1) is 8.89. The molecular weight excluding hydrogens is 305 g/mol. The Morgan fingerprint density at radius 3 is 2.53 bits per heavy atom. The number of aromatic nitrogens is 1. The molecule has 0 bridgehead atoms. The predicted octanol–water partition coefficient (Wildman–Crippen LogP) is 4.19. The standard InChI is InChI=1S/C13H18Cl3N3/c1-13(3-5-19(2)6-4-13)8-17-12-10(15)7-9(14)11(16)18-12/h7H,3-6,8H2,1-2H3,(H,17,18). The van der Waals surface area contributed by atoms with Crippen LogP contribution in [0.15, 0.2) is 6.07 Å². The molecule has 106 valence electrons. The lowest BCUT2D eigenvalue weighted by Crippen LogP contribution is -2.40. The lowest BCUT2D eigenvalue weighted by atomic mass is 9.80. The summed E-state index contributed by atoms with van der Waals surface area (Å²) >= 11 is 17.9. The first-order valence-corrected chi connectivity index (χ1v) is 7.47. The van der Waals surface area contributed by atoms with Crippen molar-refractivity contribution in [3.05, 3.63) is 21.3 Å². The molecule has 0 spiro atoms. The monoisotopic (exact) mass is 321 g/mol. The van der Waals surface area contributed by atoms with Crippen molar-refractivity contribution in [3.63, 3.8) is 0 Å². The van der Waals surface area contributed by atoms with Crippen LogP contribution in [0.1, 0.15) is 19.8 Å². The van der Waals surface area contributed by atoms with E-state index in [1.165, 1.54) is 0 Å². The summed E-state index contributed by atoms with van der Waals surface area (Å²) in [5.74, 6) is 0.608. The zero-order valence-corrected chi connectivity index (χ0v) is 13.4. The zero-order chi connectivity index (χ0) is 14.0. The molecule has 0 atom stereocenters. The normalized spacial score (nSPS) is 19.4. The zero-order valence-electron chi connectivity index (χ0n) is 11.1. The highest BCUT2D eigenvalue weighted by Crippen LogP contribution is 2.33. The van der Waals surface area contributed by atoms with Crippen LogP contribution in [0.2, 0.25) is 15.2 Å². The molecule has 6 heteroatoms. The van der Waals surface area contributed by atoms with Gasteiger partial charge in [0.05, 0.1) is 10.0 Å². The van der Waals surface area contributed by atoms with Crippen molar-refractivity contribution >= 4 is 40.6 Å². The lowest BCUT2D eigenvalue weighted by Gasteiger charge is -2.38. The van der Waals surface area contributed by atoms with Crippen molar-refractivity contribution in [1.29, 1.82) is 0 Å². The van der Waals surface area contributed by atoms with E-state index in [4.69, 9.17) is 34.8 Å². The van der Waals surface area contributed by atoms with E-state index < -0.39 is 0 Å². The topological polar surface area (TPSA) is 28.2 Å². The number of hydrogen-bond acceptors (Lipinski definition) is 3. The summed E-state index contributed by atoms with van der Waals surface area (Å²) in [6.07, 6.45) is 2.32. The van der Waals surface area contributed by atoms with Crippen LogP contribution in [0.25, 0.3) is 0 Å². The molecule has 0 radical (unpaired) electrons. The van der Waals surface area contributed by atoms with Crippen LogP contribution in [0.3, 0.4) is 0 Å². The Balaban J connectivity index is 2.01. The molecule has 19 heavy (non-hydrogen) atoms. The number of rotatable bonds is 3. The molecule has 0 amide bonds. The van der Waals surface area contributed by atoms with E-state index in [-0.39, 0.29) is 10.6 Å². The van der Waals surface area contributed by atoms with Crippen molar-refractivity contribution in [3.8, 4) is 0 Å². The van der Waals surface area contributed by atoms with Crippen LogP contribution in [0, 0.1) is 5.41 Å². The minimum atomic E-state index is 0.267. The van der Waals surface area contributed by atoms with E-state index in [2.05, 4.69) is 29.2 Å². The molecule has 1 aliphatic rings. The second-order valence-electron chi connectivity index (χ2n) is 5.56. The fraction of sp³-hybridized carbons (Fsp3) is 0.615. The van der Waals surface area contributed by atoms with E-state index in [1.807, 2.05) is 0 Å². The fourth-order valence-corrected chi connectivity index (χ4v) is 2.76. The molecule has 0 unspecified atom stereocenters. The Morgan fingerprint density at radius 1 is 1.26 bits per heavy atom. The van der Waals surface area contributed by atoms with Crippen LogP contribution in [0.5, 0.6) is 0 Å². The van der Waals surface area contributed by atoms with Gasteiger partial charge in [0, 0.05) is 6.54 Å². The largest absolute Gasteiger partial charge is 0.368 e. The van der Waals surface area contributed by atoms with Crippen LogP contribution in [-0.4, -0.2) is 36.6 Å². The van der Waals surface area contributed by atoms with Gasteiger partial charge in [-0.05, 0) is 44.5 Å². The minimum absolute atomic E-state index is 0.267. The third kappa shape index (κ3) is 3.88. The van der Waals surface area contributed by atoms with Gasteiger partial charge in [0.25, 0.3) is 0 Å². The summed E-state index contributed by atoms with van der Waals surface area (Å²) in [7, 11) is 2.16. The van der Waals surface area contributed by atoms with E-state index in [0.29, 0.717) is 15.9 Å². The SMILES string of the molecule is CN1CCC(C)(CNc2nc(Cl)c(Cl)cc2Cl)CC1. The summed E-state index contributed by atoms with van der Waals surface area (Å²) < 4.78 is 0. The maximum atomic E-state index is 6.11. The number of likely N-dealkylation sites (tertiary alicyclic amines) is 1. The minimum Gasteiger partial charge on any atom is -0.368 e. The van der Waals surface area contributed by atoms with Crippen LogP contribution < -0.4 is 5.32 Å². The fourth-order valence-electron chi connectivity index (χ4n) is 2.20. The molecule has 2 rings (SSSR count). The highest BCUT2D eigenvalue weighted by Gasteiger charge is 2.28. The molecular formula is C13H18Cl3N3. The van der Waals surface area contributed by atoms with Gasteiger partial charge in [-0.2, -0.15) is 0 Å². The molecule has 0 aliphatic carbocycles. The Hall–Kier alpha value is -0.220. The third-order valence-electron chi connectivity index (χ3n) is 3.76. The second-order valence-corrected chi connectivity index (χ2v) is 6.73. The lowest BCUT2D eigenvalue weighted by molar-refractivity contribution is 0.150. The van der Waals surface area contributed by atoms with Crippen molar-refractivity contribution < 1.29 is 0 Å². The summed E-state index contributed by atoms with van der Waals surface area (Å²) in [6, 6.07) is 1.62. The highest BCUT2D eigenvalue weighted by molar-refractivity contribution is 6.42. The van der Waals surface area contributed by atoms with Crippen LogP contribution in [-0.2, 0) is 0 Å². The Labute approximate surface area is 129 Å². The molecule has 1 N–H and O–H groups in total.